The second-order valence-corrected chi connectivity index (χ2v) is 13.9. The highest BCUT2D eigenvalue weighted by molar-refractivity contribution is 5.85. The lowest BCUT2D eigenvalue weighted by molar-refractivity contribution is -0.131. The molecule has 222 valence electrons. The van der Waals surface area contributed by atoms with E-state index in [1.807, 2.05) is 23.1 Å². The lowest BCUT2D eigenvalue weighted by atomic mass is 9.48. The summed E-state index contributed by atoms with van der Waals surface area (Å²) in [5.74, 6) is 2.17. The SMILES string of the molecule is O=C(O)C=Cc1ccc(-c2ccc(OC(=O)N3CCC(N4CCCCC4)CC3)c(C34CC5CC(CC(C5)C3)C4)c2)cc1. The summed E-state index contributed by atoms with van der Waals surface area (Å²) < 4.78 is 6.33. The zero-order valence-corrected chi connectivity index (χ0v) is 24.7. The monoisotopic (exact) mass is 568 g/mol. The van der Waals surface area contributed by atoms with Crippen LogP contribution in [0.4, 0.5) is 4.79 Å². The molecule has 6 fully saturated rings. The number of ether oxygens (including phenoxy) is 1. The Hall–Kier alpha value is -3.12. The van der Waals surface area contributed by atoms with Gasteiger partial charge in [0.05, 0.1) is 0 Å². The molecule has 42 heavy (non-hydrogen) atoms. The molecule has 1 amide bonds. The summed E-state index contributed by atoms with van der Waals surface area (Å²) in [5.41, 5.74) is 4.39. The number of amides is 1. The summed E-state index contributed by atoms with van der Waals surface area (Å²) in [7, 11) is 0. The quantitative estimate of drug-likeness (QED) is 0.369. The average Bonchev–Trinajstić information content (AvgIpc) is 3.00. The Morgan fingerprint density at radius 1 is 0.810 bits per heavy atom. The van der Waals surface area contributed by atoms with Crippen molar-refractivity contribution in [1.82, 2.24) is 9.80 Å². The topological polar surface area (TPSA) is 70.1 Å². The van der Waals surface area contributed by atoms with Crippen LogP contribution in [0.25, 0.3) is 17.2 Å². The molecule has 0 aromatic heterocycles. The van der Waals surface area contributed by atoms with Crippen LogP contribution in [0.5, 0.6) is 5.75 Å². The van der Waals surface area contributed by atoms with E-state index >= 15 is 0 Å². The Labute approximate surface area is 249 Å². The van der Waals surface area contributed by atoms with Gasteiger partial charge in [0.25, 0.3) is 0 Å². The van der Waals surface area contributed by atoms with E-state index in [4.69, 9.17) is 9.84 Å². The van der Waals surface area contributed by atoms with Gasteiger partial charge in [0.1, 0.15) is 5.75 Å². The third kappa shape index (κ3) is 5.62. The standard InChI is InChI=1S/C36H44N2O4/c39-34(40)11-6-25-4-7-29(8-5-25)30-9-10-33(32(21-30)36-22-26-18-27(23-36)20-28(19-26)24-36)42-35(41)38-16-12-31(13-17-38)37-14-2-1-3-15-37/h4-11,21,26-28,31H,1-3,12-20,22-24H2,(H,39,40). The molecule has 2 heterocycles. The van der Waals surface area contributed by atoms with Gasteiger partial charge in [0.15, 0.2) is 0 Å². The largest absolute Gasteiger partial charge is 0.478 e. The maximum Gasteiger partial charge on any atom is 0.415 e. The first-order valence-corrected chi connectivity index (χ1v) is 16.3. The van der Waals surface area contributed by atoms with Crippen molar-refractivity contribution in [3.8, 4) is 16.9 Å². The van der Waals surface area contributed by atoms with Gasteiger partial charge in [-0.3, -0.25) is 0 Å². The highest BCUT2D eigenvalue weighted by Crippen LogP contribution is 2.62. The maximum atomic E-state index is 13.6. The fourth-order valence-corrected chi connectivity index (χ4v) is 9.46. The molecule has 2 aliphatic heterocycles. The van der Waals surface area contributed by atoms with E-state index in [-0.39, 0.29) is 11.5 Å². The highest BCUT2D eigenvalue weighted by Gasteiger charge is 2.52. The molecule has 1 N–H and O–H groups in total. The van der Waals surface area contributed by atoms with Gasteiger partial charge in [-0.2, -0.15) is 0 Å². The molecule has 4 aliphatic carbocycles. The van der Waals surface area contributed by atoms with Crippen molar-refractivity contribution in [3.05, 3.63) is 59.7 Å². The van der Waals surface area contributed by atoms with E-state index in [2.05, 4.69) is 29.2 Å². The zero-order valence-electron chi connectivity index (χ0n) is 24.7. The summed E-state index contributed by atoms with van der Waals surface area (Å²) in [6, 6.07) is 15.1. The molecule has 8 rings (SSSR count). The zero-order chi connectivity index (χ0) is 28.7. The molecule has 4 saturated carbocycles. The Bertz CT molecular complexity index is 1300. The van der Waals surface area contributed by atoms with Gasteiger partial charge in [-0.05, 0) is 135 Å². The fourth-order valence-electron chi connectivity index (χ4n) is 9.46. The van der Waals surface area contributed by atoms with Crippen molar-refractivity contribution in [1.29, 1.82) is 0 Å². The smallest absolute Gasteiger partial charge is 0.415 e. The second-order valence-electron chi connectivity index (χ2n) is 13.9. The van der Waals surface area contributed by atoms with Crippen molar-refractivity contribution in [2.45, 2.75) is 82.1 Å². The van der Waals surface area contributed by atoms with Crippen LogP contribution in [0.15, 0.2) is 48.5 Å². The third-order valence-electron chi connectivity index (χ3n) is 11.1. The number of carboxylic acid groups (broad SMARTS) is 1. The van der Waals surface area contributed by atoms with Gasteiger partial charge in [-0.25, -0.2) is 9.59 Å². The second kappa shape index (κ2) is 11.5. The van der Waals surface area contributed by atoms with Crippen LogP contribution in [0, 0.1) is 17.8 Å². The summed E-state index contributed by atoms with van der Waals surface area (Å²) in [6.45, 7) is 3.95. The van der Waals surface area contributed by atoms with Crippen molar-refractivity contribution in [2.75, 3.05) is 26.2 Å². The van der Waals surface area contributed by atoms with E-state index in [1.165, 1.54) is 82.5 Å². The number of carboxylic acids is 1. The number of aliphatic carboxylic acids is 1. The van der Waals surface area contributed by atoms with Crippen LogP contribution in [0.3, 0.4) is 0 Å². The molecule has 0 spiro atoms. The van der Waals surface area contributed by atoms with Crippen LogP contribution in [-0.2, 0) is 10.2 Å². The Morgan fingerprint density at radius 3 is 2.05 bits per heavy atom. The number of benzene rings is 2. The molecule has 2 aromatic rings. The van der Waals surface area contributed by atoms with Crippen LogP contribution < -0.4 is 4.74 Å². The molecule has 0 atom stereocenters. The first-order valence-electron chi connectivity index (χ1n) is 16.3. The number of carbonyl (C=O) groups excluding carboxylic acids is 1. The highest BCUT2D eigenvalue weighted by atomic mass is 16.6. The summed E-state index contributed by atoms with van der Waals surface area (Å²) in [6.07, 6.45) is 16.3. The molecule has 4 bridgehead atoms. The normalized spacial score (nSPS) is 29.7. The molecular formula is C36H44N2O4. The molecule has 0 radical (unpaired) electrons. The third-order valence-corrected chi connectivity index (χ3v) is 11.1. The molecule has 6 aliphatic rings. The van der Waals surface area contributed by atoms with Crippen LogP contribution >= 0.6 is 0 Å². The molecule has 6 heteroatoms. The predicted molar refractivity (Wildman–Crippen MR) is 164 cm³/mol. The van der Waals surface area contributed by atoms with E-state index < -0.39 is 5.97 Å². The van der Waals surface area contributed by atoms with Crippen LogP contribution in [-0.4, -0.2) is 59.2 Å². The van der Waals surface area contributed by atoms with Gasteiger partial charge in [-0.1, -0.05) is 36.8 Å². The van der Waals surface area contributed by atoms with Crippen molar-refractivity contribution in [3.63, 3.8) is 0 Å². The van der Waals surface area contributed by atoms with Gasteiger partial charge in [0.2, 0.25) is 0 Å². The maximum absolute atomic E-state index is 13.6. The molecule has 2 saturated heterocycles. The number of hydrogen-bond donors (Lipinski definition) is 1. The first-order chi connectivity index (χ1) is 20.4. The fraction of sp³-hybridized carbons (Fsp3) is 0.556. The molecular weight excluding hydrogens is 524 g/mol. The number of hydrogen-bond acceptors (Lipinski definition) is 4. The van der Waals surface area contributed by atoms with Crippen LogP contribution in [0.2, 0.25) is 0 Å². The summed E-state index contributed by atoms with van der Waals surface area (Å²) in [4.78, 5) is 29.1. The Kier molecular flexibility index (Phi) is 7.60. The van der Waals surface area contributed by atoms with Crippen molar-refractivity contribution in [2.24, 2.45) is 17.8 Å². The van der Waals surface area contributed by atoms with Crippen LogP contribution in [0.1, 0.15) is 81.8 Å². The number of likely N-dealkylation sites (tertiary alicyclic amines) is 2. The minimum Gasteiger partial charge on any atom is -0.478 e. The first kappa shape index (κ1) is 27.7. The Balaban J connectivity index is 1.13. The number of carbonyl (C=O) groups is 2. The minimum atomic E-state index is -0.948. The van der Waals surface area contributed by atoms with Gasteiger partial charge >= 0.3 is 12.1 Å². The van der Waals surface area contributed by atoms with E-state index in [0.717, 1.165) is 66.1 Å². The van der Waals surface area contributed by atoms with E-state index in [9.17, 15) is 9.59 Å². The molecule has 0 unspecified atom stereocenters. The minimum absolute atomic E-state index is 0.0891. The van der Waals surface area contributed by atoms with E-state index in [0.29, 0.717) is 6.04 Å². The summed E-state index contributed by atoms with van der Waals surface area (Å²) in [5, 5.41) is 8.96. The molecule has 6 nitrogen and oxygen atoms in total. The summed E-state index contributed by atoms with van der Waals surface area (Å²) >= 11 is 0. The number of rotatable bonds is 6. The average molecular weight is 569 g/mol. The van der Waals surface area contributed by atoms with E-state index in [1.54, 1.807) is 6.08 Å². The molecule has 2 aromatic carbocycles. The number of piperidine rings is 2. The number of nitrogens with zero attached hydrogens (tertiary/aromatic N) is 2. The van der Waals surface area contributed by atoms with Crippen molar-refractivity contribution < 1.29 is 19.4 Å². The Morgan fingerprint density at radius 2 is 1.43 bits per heavy atom. The predicted octanol–water partition coefficient (Wildman–Crippen LogP) is 7.37. The van der Waals surface area contributed by atoms with Gasteiger partial charge in [-0.15, -0.1) is 0 Å². The lowest BCUT2D eigenvalue weighted by Gasteiger charge is -2.57. The lowest BCUT2D eigenvalue weighted by Crippen LogP contribution is -2.49. The van der Waals surface area contributed by atoms with Gasteiger partial charge in [0, 0.05) is 30.8 Å². The van der Waals surface area contributed by atoms with Crippen molar-refractivity contribution >= 4 is 18.1 Å². The van der Waals surface area contributed by atoms with Gasteiger partial charge < -0.3 is 19.6 Å².